The SMILES string of the molecule is CC(C)(CCc1ccc(Oc2ccc(C(N)=O)cn2)cc1)NC[C@H](O)COc1cccc2[nH]ccc12. The summed E-state index contributed by atoms with van der Waals surface area (Å²) in [7, 11) is 0. The van der Waals surface area contributed by atoms with Crippen molar-refractivity contribution in [3.05, 3.63) is 84.2 Å². The van der Waals surface area contributed by atoms with Gasteiger partial charge in [-0.2, -0.15) is 0 Å². The standard InChI is InChI=1S/C28H32N4O4/c1-28(2,32-17-21(33)18-35-25-5-3-4-24-23(25)13-15-30-24)14-12-19-6-9-22(10-7-19)36-26-11-8-20(16-31-26)27(29)34/h3-11,13,15-16,21,30,32-33H,12,14,17-18H2,1-2H3,(H2,29,34)/t21-/m0/s1. The number of carbonyl (C=O) groups excluding carboxylic acids is 1. The van der Waals surface area contributed by atoms with Crippen LogP contribution in [0.4, 0.5) is 0 Å². The number of hydrogen-bond donors (Lipinski definition) is 4. The first kappa shape index (κ1) is 25.2. The van der Waals surface area contributed by atoms with E-state index in [1.807, 2.05) is 54.7 Å². The number of nitrogens with zero attached hydrogens (tertiary/aromatic N) is 1. The minimum Gasteiger partial charge on any atom is -0.490 e. The van der Waals surface area contributed by atoms with Gasteiger partial charge in [0.2, 0.25) is 11.8 Å². The fraction of sp³-hybridized carbons (Fsp3) is 0.286. The van der Waals surface area contributed by atoms with Crippen LogP contribution in [0.15, 0.2) is 73.1 Å². The van der Waals surface area contributed by atoms with Crippen LogP contribution in [0.2, 0.25) is 0 Å². The summed E-state index contributed by atoms with van der Waals surface area (Å²) in [6.07, 6.45) is 4.40. The van der Waals surface area contributed by atoms with Gasteiger partial charge in [-0.3, -0.25) is 4.79 Å². The molecule has 0 unspecified atom stereocenters. The number of hydrogen-bond acceptors (Lipinski definition) is 6. The molecule has 0 bridgehead atoms. The van der Waals surface area contributed by atoms with Crippen LogP contribution in [0.1, 0.15) is 36.2 Å². The number of ether oxygens (including phenoxy) is 2. The number of primary amides is 1. The molecule has 0 fully saturated rings. The van der Waals surface area contributed by atoms with Crippen LogP contribution in [0.25, 0.3) is 10.9 Å². The van der Waals surface area contributed by atoms with Gasteiger partial charge in [-0.05, 0) is 68.7 Å². The highest BCUT2D eigenvalue weighted by Crippen LogP contribution is 2.25. The first-order valence-corrected chi connectivity index (χ1v) is 11.9. The molecule has 0 spiro atoms. The average molecular weight is 489 g/mol. The average Bonchev–Trinajstić information content (AvgIpc) is 3.36. The third-order valence-electron chi connectivity index (χ3n) is 6.01. The molecule has 0 radical (unpaired) electrons. The molecule has 4 aromatic rings. The summed E-state index contributed by atoms with van der Waals surface area (Å²) in [6, 6.07) is 18.8. The Bertz CT molecular complexity index is 1280. The van der Waals surface area contributed by atoms with Gasteiger partial charge in [0.1, 0.15) is 24.2 Å². The number of aromatic nitrogens is 2. The highest BCUT2D eigenvalue weighted by atomic mass is 16.5. The number of aryl methyl sites for hydroxylation is 1. The number of nitrogens with one attached hydrogen (secondary N) is 2. The monoisotopic (exact) mass is 488 g/mol. The first-order valence-electron chi connectivity index (χ1n) is 11.9. The molecule has 188 valence electrons. The van der Waals surface area contributed by atoms with Gasteiger partial charge in [-0.25, -0.2) is 4.98 Å². The van der Waals surface area contributed by atoms with Crippen molar-refractivity contribution in [3.8, 4) is 17.4 Å². The minimum absolute atomic E-state index is 0.164. The van der Waals surface area contributed by atoms with Gasteiger partial charge in [0.05, 0.1) is 5.56 Å². The van der Waals surface area contributed by atoms with E-state index < -0.39 is 12.0 Å². The molecule has 4 rings (SSSR count). The molecule has 8 heteroatoms. The molecule has 2 aromatic carbocycles. The molecule has 0 aliphatic heterocycles. The Kier molecular flexibility index (Phi) is 7.87. The van der Waals surface area contributed by atoms with E-state index in [0.717, 1.165) is 29.5 Å². The smallest absolute Gasteiger partial charge is 0.250 e. The highest BCUT2D eigenvalue weighted by molar-refractivity contribution is 5.92. The lowest BCUT2D eigenvalue weighted by Gasteiger charge is -2.28. The van der Waals surface area contributed by atoms with E-state index in [4.69, 9.17) is 15.2 Å². The summed E-state index contributed by atoms with van der Waals surface area (Å²) >= 11 is 0. The molecular weight excluding hydrogens is 456 g/mol. The van der Waals surface area contributed by atoms with Gasteiger partial charge in [-0.1, -0.05) is 18.2 Å². The lowest BCUT2D eigenvalue weighted by atomic mass is 9.95. The molecule has 0 aliphatic carbocycles. The van der Waals surface area contributed by atoms with Crippen LogP contribution < -0.4 is 20.5 Å². The van der Waals surface area contributed by atoms with Crippen LogP contribution in [0, 0.1) is 0 Å². The van der Waals surface area contributed by atoms with Crippen LogP contribution >= 0.6 is 0 Å². The summed E-state index contributed by atoms with van der Waals surface area (Å²) in [5.41, 5.74) is 7.59. The third kappa shape index (κ3) is 6.84. The summed E-state index contributed by atoms with van der Waals surface area (Å²) in [5, 5.41) is 14.9. The number of β-amino-alcohol motifs (C(OH)–C–C–N with tert-alkyl or cyclic N) is 1. The number of amides is 1. The van der Waals surface area contributed by atoms with Gasteiger partial charge >= 0.3 is 0 Å². The second kappa shape index (κ2) is 11.2. The minimum atomic E-state index is -0.624. The molecule has 1 amide bonds. The number of aliphatic hydroxyl groups is 1. The van der Waals surface area contributed by atoms with Crippen LogP contribution in [-0.4, -0.2) is 45.8 Å². The van der Waals surface area contributed by atoms with Gasteiger partial charge in [0, 0.05) is 41.4 Å². The summed E-state index contributed by atoms with van der Waals surface area (Å²) < 4.78 is 11.6. The largest absolute Gasteiger partial charge is 0.490 e. The van der Waals surface area contributed by atoms with Crippen LogP contribution in [0.5, 0.6) is 17.4 Å². The number of pyridine rings is 1. The van der Waals surface area contributed by atoms with E-state index in [0.29, 0.717) is 23.7 Å². The Morgan fingerprint density at radius 3 is 2.67 bits per heavy atom. The fourth-order valence-electron chi connectivity index (χ4n) is 3.80. The summed E-state index contributed by atoms with van der Waals surface area (Å²) in [5.74, 6) is 1.29. The van der Waals surface area contributed by atoms with Crippen molar-refractivity contribution in [2.75, 3.05) is 13.2 Å². The van der Waals surface area contributed by atoms with Crippen molar-refractivity contribution < 1.29 is 19.4 Å². The zero-order valence-corrected chi connectivity index (χ0v) is 20.5. The van der Waals surface area contributed by atoms with E-state index in [2.05, 4.69) is 29.1 Å². The molecule has 2 aromatic heterocycles. The van der Waals surface area contributed by atoms with Gasteiger partial charge < -0.3 is 30.6 Å². The van der Waals surface area contributed by atoms with E-state index in [-0.39, 0.29) is 12.1 Å². The van der Waals surface area contributed by atoms with Gasteiger partial charge in [-0.15, -0.1) is 0 Å². The molecule has 0 saturated carbocycles. The lowest BCUT2D eigenvalue weighted by molar-refractivity contribution is 0.0989. The Balaban J connectivity index is 1.20. The van der Waals surface area contributed by atoms with E-state index in [1.165, 1.54) is 11.8 Å². The Morgan fingerprint density at radius 1 is 1.14 bits per heavy atom. The second-order valence-corrected chi connectivity index (χ2v) is 9.42. The van der Waals surface area contributed by atoms with E-state index in [1.54, 1.807) is 12.1 Å². The topological polar surface area (TPSA) is 122 Å². The van der Waals surface area contributed by atoms with Crippen molar-refractivity contribution in [3.63, 3.8) is 0 Å². The number of H-pyrrole nitrogens is 1. The maximum Gasteiger partial charge on any atom is 0.250 e. The molecule has 5 N–H and O–H groups in total. The summed E-state index contributed by atoms with van der Waals surface area (Å²) in [6.45, 7) is 4.90. The van der Waals surface area contributed by atoms with Gasteiger partial charge in [0.15, 0.2) is 0 Å². The van der Waals surface area contributed by atoms with Crippen molar-refractivity contribution in [1.29, 1.82) is 0 Å². The molecule has 8 nitrogen and oxygen atoms in total. The molecule has 1 atom stereocenters. The first-order chi connectivity index (χ1) is 17.3. The second-order valence-electron chi connectivity index (χ2n) is 9.42. The Labute approximate surface area is 210 Å². The van der Waals surface area contributed by atoms with Crippen LogP contribution in [-0.2, 0) is 6.42 Å². The predicted molar refractivity (Wildman–Crippen MR) is 139 cm³/mol. The maximum atomic E-state index is 11.1. The van der Waals surface area contributed by atoms with E-state index in [9.17, 15) is 9.90 Å². The zero-order valence-electron chi connectivity index (χ0n) is 20.5. The van der Waals surface area contributed by atoms with E-state index >= 15 is 0 Å². The maximum absolute atomic E-state index is 11.1. The normalized spacial score (nSPS) is 12.4. The number of benzene rings is 2. The van der Waals surface area contributed by atoms with Crippen molar-refractivity contribution in [1.82, 2.24) is 15.3 Å². The number of aliphatic hydroxyl groups excluding tert-OH is 1. The summed E-state index contributed by atoms with van der Waals surface area (Å²) in [4.78, 5) is 18.4. The number of aromatic amines is 1. The number of rotatable bonds is 12. The Hall–Kier alpha value is -3.88. The lowest BCUT2D eigenvalue weighted by Crippen LogP contribution is -2.45. The number of nitrogens with two attached hydrogens (primary N) is 1. The van der Waals surface area contributed by atoms with Gasteiger partial charge in [0.25, 0.3) is 0 Å². The number of carbonyl (C=O) groups is 1. The van der Waals surface area contributed by atoms with Crippen molar-refractivity contribution >= 4 is 16.8 Å². The zero-order chi connectivity index (χ0) is 25.5. The van der Waals surface area contributed by atoms with Crippen LogP contribution in [0.3, 0.4) is 0 Å². The molecular formula is C28H32N4O4. The fourth-order valence-corrected chi connectivity index (χ4v) is 3.80. The quantitative estimate of drug-likeness (QED) is 0.237. The Morgan fingerprint density at radius 2 is 1.94 bits per heavy atom. The molecule has 0 aliphatic rings. The molecule has 0 saturated heterocycles. The van der Waals surface area contributed by atoms with Crippen molar-refractivity contribution in [2.24, 2.45) is 5.73 Å². The number of fused-ring (bicyclic) bond motifs is 1. The van der Waals surface area contributed by atoms with Crippen molar-refractivity contribution in [2.45, 2.75) is 38.3 Å². The molecule has 36 heavy (non-hydrogen) atoms. The predicted octanol–water partition coefficient (Wildman–Crippen LogP) is 4.19. The molecule has 2 heterocycles. The highest BCUT2D eigenvalue weighted by Gasteiger charge is 2.19. The third-order valence-corrected chi connectivity index (χ3v) is 6.01.